The molecule has 1 aromatic rings. The van der Waals surface area contributed by atoms with Gasteiger partial charge in [-0.15, -0.1) is 0 Å². The molecule has 0 fully saturated rings. The molecule has 0 aliphatic carbocycles. The van der Waals surface area contributed by atoms with Crippen LogP contribution in [0.25, 0.3) is 0 Å². The number of rotatable bonds is 4. The van der Waals surface area contributed by atoms with Gasteiger partial charge in [0.05, 0.1) is 11.2 Å². The minimum Gasteiger partial charge on any atom is -0.485 e. The van der Waals surface area contributed by atoms with Crippen molar-refractivity contribution in [2.24, 2.45) is 0 Å². The SMILES string of the molecule is CS(=O)(=O)OC[C@H]1COc2cccc([N+](=O)[O-])c2O1. The summed E-state index contributed by atoms with van der Waals surface area (Å²) in [6.07, 6.45) is 0.191. The molecule has 19 heavy (non-hydrogen) atoms. The first kappa shape index (κ1) is 13.6. The van der Waals surface area contributed by atoms with Gasteiger partial charge in [0, 0.05) is 6.07 Å². The highest BCUT2D eigenvalue weighted by molar-refractivity contribution is 7.85. The van der Waals surface area contributed by atoms with E-state index < -0.39 is 21.1 Å². The molecule has 0 spiro atoms. The first-order valence-electron chi connectivity index (χ1n) is 5.28. The summed E-state index contributed by atoms with van der Waals surface area (Å²) >= 11 is 0. The van der Waals surface area contributed by atoms with Crippen molar-refractivity contribution in [3.63, 3.8) is 0 Å². The van der Waals surface area contributed by atoms with E-state index in [0.717, 1.165) is 6.26 Å². The highest BCUT2D eigenvalue weighted by Gasteiger charge is 2.29. The lowest BCUT2D eigenvalue weighted by atomic mass is 10.2. The third kappa shape index (κ3) is 3.32. The molecular formula is C10H11NO7S. The van der Waals surface area contributed by atoms with Crippen LogP contribution in [0.2, 0.25) is 0 Å². The van der Waals surface area contributed by atoms with E-state index in [0.29, 0.717) is 0 Å². The fourth-order valence-electron chi connectivity index (χ4n) is 1.55. The number of fused-ring (bicyclic) bond motifs is 1. The highest BCUT2D eigenvalue weighted by Crippen LogP contribution is 2.39. The van der Waals surface area contributed by atoms with E-state index in [-0.39, 0.29) is 30.4 Å². The quantitative estimate of drug-likeness (QED) is 0.456. The van der Waals surface area contributed by atoms with Crippen molar-refractivity contribution >= 4 is 15.8 Å². The van der Waals surface area contributed by atoms with E-state index >= 15 is 0 Å². The largest absolute Gasteiger partial charge is 0.485 e. The Balaban J connectivity index is 2.16. The lowest BCUT2D eigenvalue weighted by Crippen LogP contribution is -2.34. The minimum atomic E-state index is -3.60. The van der Waals surface area contributed by atoms with Crippen molar-refractivity contribution < 1.29 is 27.0 Å². The summed E-state index contributed by atoms with van der Waals surface area (Å²) in [5.41, 5.74) is -0.235. The molecular weight excluding hydrogens is 278 g/mol. The van der Waals surface area contributed by atoms with Crippen LogP contribution in [0.4, 0.5) is 5.69 Å². The third-order valence-corrected chi connectivity index (χ3v) is 2.90. The second-order valence-electron chi connectivity index (χ2n) is 3.90. The molecule has 1 aliphatic rings. The molecule has 9 heteroatoms. The van der Waals surface area contributed by atoms with Crippen LogP contribution in [0.3, 0.4) is 0 Å². The molecule has 0 N–H and O–H groups in total. The van der Waals surface area contributed by atoms with Crippen LogP contribution in [0, 0.1) is 10.1 Å². The van der Waals surface area contributed by atoms with Crippen LogP contribution in [0.15, 0.2) is 18.2 Å². The van der Waals surface area contributed by atoms with Gasteiger partial charge in [0.15, 0.2) is 11.9 Å². The van der Waals surface area contributed by atoms with Gasteiger partial charge < -0.3 is 9.47 Å². The zero-order valence-corrected chi connectivity index (χ0v) is 10.8. The molecule has 2 rings (SSSR count). The van der Waals surface area contributed by atoms with Crippen LogP contribution >= 0.6 is 0 Å². The monoisotopic (exact) mass is 289 g/mol. The number of ether oxygens (including phenoxy) is 2. The fourth-order valence-corrected chi connectivity index (χ4v) is 1.94. The lowest BCUT2D eigenvalue weighted by Gasteiger charge is -2.25. The predicted octanol–water partition coefficient (Wildman–Crippen LogP) is 0.711. The Bertz CT molecular complexity index is 598. The third-order valence-electron chi connectivity index (χ3n) is 2.33. The van der Waals surface area contributed by atoms with Gasteiger partial charge >= 0.3 is 5.69 Å². The van der Waals surface area contributed by atoms with Crippen molar-refractivity contribution in [1.29, 1.82) is 0 Å². The summed E-state index contributed by atoms with van der Waals surface area (Å²) in [6.45, 7) is -0.200. The Morgan fingerprint density at radius 3 is 2.89 bits per heavy atom. The number of hydrogen-bond acceptors (Lipinski definition) is 7. The van der Waals surface area contributed by atoms with Crippen LogP contribution in [-0.4, -0.2) is 38.9 Å². The lowest BCUT2D eigenvalue weighted by molar-refractivity contribution is -0.386. The van der Waals surface area contributed by atoms with Gasteiger partial charge in [0.25, 0.3) is 10.1 Å². The Labute approximate surface area is 109 Å². The van der Waals surface area contributed by atoms with Crippen molar-refractivity contribution in [2.45, 2.75) is 6.10 Å². The van der Waals surface area contributed by atoms with Crippen molar-refractivity contribution in [3.05, 3.63) is 28.3 Å². The van der Waals surface area contributed by atoms with Crippen molar-refractivity contribution in [1.82, 2.24) is 0 Å². The second kappa shape index (κ2) is 5.02. The minimum absolute atomic E-state index is 0.0131. The van der Waals surface area contributed by atoms with E-state index in [1.165, 1.54) is 18.2 Å². The van der Waals surface area contributed by atoms with Gasteiger partial charge in [-0.3, -0.25) is 14.3 Å². The molecule has 0 saturated heterocycles. The predicted molar refractivity (Wildman–Crippen MR) is 63.8 cm³/mol. The van der Waals surface area contributed by atoms with Gasteiger partial charge in [-0.25, -0.2) is 0 Å². The molecule has 0 radical (unpaired) electrons. The molecule has 1 aromatic carbocycles. The summed E-state index contributed by atoms with van der Waals surface area (Å²) in [6, 6.07) is 4.30. The van der Waals surface area contributed by atoms with Crippen LogP contribution in [0.1, 0.15) is 0 Å². The topological polar surface area (TPSA) is 105 Å². The number of nitro benzene ring substituents is 1. The normalized spacial score (nSPS) is 18.1. The first-order chi connectivity index (χ1) is 8.87. The van der Waals surface area contributed by atoms with Gasteiger partial charge in [0.2, 0.25) is 5.75 Å². The summed E-state index contributed by atoms with van der Waals surface area (Å²) in [5.74, 6) is 0.241. The molecule has 0 amide bonds. The van der Waals surface area contributed by atoms with E-state index in [2.05, 4.69) is 4.18 Å². The average molecular weight is 289 g/mol. The molecule has 0 bridgehead atoms. The molecule has 8 nitrogen and oxygen atoms in total. The van der Waals surface area contributed by atoms with Gasteiger partial charge in [0.1, 0.15) is 13.2 Å². The molecule has 1 atom stereocenters. The van der Waals surface area contributed by atoms with Crippen molar-refractivity contribution in [2.75, 3.05) is 19.5 Å². The molecule has 0 aromatic heterocycles. The molecule has 0 unspecified atom stereocenters. The Kier molecular flexibility index (Phi) is 3.58. The zero-order chi connectivity index (χ0) is 14.0. The summed E-state index contributed by atoms with van der Waals surface area (Å²) in [7, 11) is -3.60. The maximum absolute atomic E-state index is 10.9. The van der Waals surface area contributed by atoms with Crippen LogP contribution in [0.5, 0.6) is 11.5 Å². The maximum Gasteiger partial charge on any atom is 0.314 e. The van der Waals surface area contributed by atoms with Crippen LogP contribution in [-0.2, 0) is 14.3 Å². The number of benzene rings is 1. The Morgan fingerprint density at radius 1 is 1.53 bits per heavy atom. The molecule has 104 valence electrons. The van der Waals surface area contributed by atoms with E-state index in [1.54, 1.807) is 0 Å². The standard InChI is InChI=1S/C10H11NO7S/c1-19(14,15)17-6-7-5-16-9-4-2-3-8(11(12)13)10(9)18-7/h2-4,7H,5-6H2,1H3/t7-/m1/s1. The number of hydrogen-bond donors (Lipinski definition) is 0. The second-order valence-corrected chi connectivity index (χ2v) is 5.54. The Hall–Kier alpha value is -1.87. The van der Waals surface area contributed by atoms with Crippen molar-refractivity contribution in [3.8, 4) is 11.5 Å². The summed E-state index contributed by atoms with van der Waals surface area (Å²) in [4.78, 5) is 10.2. The average Bonchev–Trinajstić information content (AvgIpc) is 2.34. The molecule has 1 aliphatic heterocycles. The fraction of sp³-hybridized carbons (Fsp3) is 0.400. The number of para-hydroxylation sites is 1. The van der Waals surface area contributed by atoms with E-state index in [9.17, 15) is 18.5 Å². The van der Waals surface area contributed by atoms with Gasteiger partial charge in [-0.2, -0.15) is 8.42 Å². The molecule has 0 saturated carbocycles. The number of nitrogens with zero attached hydrogens (tertiary/aromatic N) is 1. The maximum atomic E-state index is 10.9. The Morgan fingerprint density at radius 2 is 2.26 bits per heavy atom. The van der Waals surface area contributed by atoms with E-state index in [1.807, 2.05) is 0 Å². The first-order valence-corrected chi connectivity index (χ1v) is 7.10. The summed E-state index contributed by atoms with van der Waals surface area (Å²) in [5, 5.41) is 10.8. The summed E-state index contributed by atoms with van der Waals surface area (Å²) < 4.78 is 37.0. The highest BCUT2D eigenvalue weighted by atomic mass is 32.2. The van der Waals surface area contributed by atoms with Gasteiger partial charge in [-0.05, 0) is 6.07 Å². The van der Waals surface area contributed by atoms with Crippen LogP contribution < -0.4 is 9.47 Å². The smallest absolute Gasteiger partial charge is 0.314 e. The zero-order valence-electron chi connectivity index (χ0n) is 9.94. The molecule has 1 heterocycles. The van der Waals surface area contributed by atoms with Gasteiger partial charge in [-0.1, -0.05) is 6.07 Å². The number of nitro groups is 1. The van der Waals surface area contributed by atoms with E-state index in [4.69, 9.17) is 9.47 Å².